The molecule has 0 N–H and O–H groups in total. The van der Waals surface area contributed by atoms with E-state index in [2.05, 4.69) is 19.9 Å². The van der Waals surface area contributed by atoms with Crippen LogP contribution in [0.2, 0.25) is 0 Å². The molecular formula is C27H33F3N6O. The van der Waals surface area contributed by atoms with Gasteiger partial charge in [-0.3, -0.25) is 9.47 Å². The van der Waals surface area contributed by atoms with Gasteiger partial charge in [-0.15, -0.1) is 0 Å². The van der Waals surface area contributed by atoms with E-state index in [4.69, 9.17) is 0 Å². The Morgan fingerprint density at radius 1 is 0.865 bits per heavy atom. The summed E-state index contributed by atoms with van der Waals surface area (Å²) in [4.78, 5) is 29.1. The number of piperazine rings is 1. The van der Waals surface area contributed by atoms with Gasteiger partial charge in [0.15, 0.2) is 0 Å². The number of alkyl halides is 3. The zero-order chi connectivity index (χ0) is 26.6. The average molecular weight is 515 g/mol. The SMILES string of the molecule is CC(C)(C)c1nc(N2CCN(CCCCn3ccc(-c4ccccc4)nc3=O)CC2)cc(C(F)(F)F)n1. The van der Waals surface area contributed by atoms with E-state index in [1.807, 2.05) is 62.1 Å². The van der Waals surface area contributed by atoms with Gasteiger partial charge >= 0.3 is 11.9 Å². The predicted octanol–water partition coefficient (Wildman–Crippen LogP) is 4.62. The molecule has 1 fully saturated rings. The normalized spacial score (nSPS) is 15.2. The van der Waals surface area contributed by atoms with E-state index in [9.17, 15) is 18.0 Å². The predicted molar refractivity (Wildman–Crippen MR) is 138 cm³/mol. The highest BCUT2D eigenvalue weighted by atomic mass is 19.4. The molecular weight excluding hydrogens is 481 g/mol. The van der Waals surface area contributed by atoms with Gasteiger partial charge in [-0.05, 0) is 25.5 Å². The molecule has 0 bridgehead atoms. The van der Waals surface area contributed by atoms with Crippen LogP contribution in [-0.4, -0.2) is 57.1 Å². The lowest BCUT2D eigenvalue weighted by atomic mass is 9.95. The third kappa shape index (κ3) is 6.94. The van der Waals surface area contributed by atoms with Crippen molar-refractivity contribution in [2.45, 2.75) is 51.7 Å². The first-order valence-corrected chi connectivity index (χ1v) is 12.6. The van der Waals surface area contributed by atoms with Crippen molar-refractivity contribution >= 4 is 5.82 Å². The van der Waals surface area contributed by atoms with Crippen LogP contribution in [0, 0.1) is 0 Å². The minimum absolute atomic E-state index is 0.196. The molecule has 0 radical (unpaired) electrons. The van der Waals surface area contributed by atoms with Gasteiger partial charge in [0.05, 0.1) is 5.69 Å². The first-order chi connectivity index (χ1) is 17.5. The highest BCUT2D eigenvalue weighted by Gasteiger charge is 2.36. The minimum atomic E-state index is -4.52. The lowest BCUT2D eigenvalue weighted by Crippen LogP contribution is -2.47. The maximum absolute atomic E-state index is 13.4. The monoisotopic (exact) mass is 514 g/mol. The third-order valence-electron chi connectivity index (χ3n) is 6.44. The molecule has 0 atom stereocenters. The standard InChI is InChI=1S/C27H33F3N6O/c1-26(2,3)24-32-22(27(28,29)30)19-23(33-24)35-17-15-34(16-18-35)12-7-8-13-36-14-11-21(31-25(36)37)20-9-5-4-6-10-20/h4-6,9-11,14,19H,7-8,12-13,15-18H2,1-3H3. The van der Waals surface area contributed by atoms with E-state index >= 15 is 0 Å². The summed E-state index contributed by atoms with van der Waals surface area (Å²) < 4.78 is 42.0. The lowest BCUT2D eigenvalue weighted by Gasteiger charge is -2.36. The van der Waals surface area contributed by atoms with Gasteiger partial charge in [-0.2, -0.15) is 18.2 Å². The van der Waals surface area contributed by atoms with Gasteiger partial charge in [0, 0.05) is 56.0 Å². The van der Waals surface area contributed by atoms with E-state index in [-0.39, 0.29) is 11.5 Å². The first-order valence-electron chi connectivity index (χ1n) is 12.6. The van der Waals surface area contributed by atoms with Crippen LogP contribution in [0.3, 0.4) is 0 Å². The van der Waals surface area contributed by atoms with E-state index in [1.54, 1.807) is 10.8 Å². The number of benzene rings is 1. The van der Waals surface area contributed by atoms with Crippen molar-refractivity contribution in [1.82, 2.24) is 24.4 Å². The summed E-state index contributed by atoms with van der Waals surface area (Å²) >= 11 is 0. The molecule has 0 saturated carbocycles. The molecule has 0 unspecified atom stereocenters. The number of unbranched alkanes of at least 4 members (excludes halogenated alkanes) is 1. The van der Waals surface area contributed by atoms with Gasteiger partial charge in [0.25, 0.3) is 0 Å². The first kappa shape index (κ1) is 26.8. The fourth-order valence-electron chi connectivity index (χ4n) is 4.26. The fourth-order valence-corrected chi connectivity index (χ4v) is 4.26. The quantitative estimate of drug-likeness (QED) is 0.429. The second-order valence-electron chi connectivity index (χ2n) is 10.4. The van der Waals surface area contributed by atoms with Crippen LogP contribution >= 0.6 is 0 Å². The van der Waals surface area contributed by atoms with Crippen molar-refractivity contribution in [3.05, 3.63) is 70.7 Å². The Morgan fingerprint density at radius 3 is 2.16 bits per heavy atom. The number of aryl methyl sites for hydroxylation is 1. The van der Waals surface area contributed by atoms with Crippen LogP contribution in [0.1, 0.15) is 45.1 Å². The molecule has 0 spiro atoms. The molecule has 1 saturated heterocycles. The number of anilines is 1. The van der Waals surface area contributed by atoms with E-state index in [0.717, 1.165) is 44.1 Å². The molecule has 10 heteroatoms. The van der Waals surface area contributed by atoms with Crippen LogP contribution in [0.25, 0.3) is 11.3 Å². The molecule has 0 amide bonds. The minimum Gasteiger partial charge on any atom is -0.354 e. The molecule has 2 aromatic heterocycles. The van der Waals surface area contributed by atoms with Gasteiger partial charge in [-0.1, -0.05) is 51.1 Å². The molecule has 1 aliphatic heterocycles. The third-order valence-corrected chi connectivity index (χ3v) is 6.44. The highest BCUT2D eigenvalue weighted by Crippen LogP contribution is 2.32. The number of halogens is 3. The zero-order valence-electron chi connectivity index (χ0n) is 21.5. The van der Waals surface area contributed by atoms with Crippen molar-refractivity contribution < 1.29 is 13.2 Å². The highest BCUT2D eigenvalue weighted by molar-refractivity contribution is 5.57. The Kier molecular flexibility index (Phi) is 7.96. The summed E-state index contributed by atoms with van der Waals surface area (Å²) in [5.41, 5.74) is -0.159. The molecule has 198 valence electrons. The Balaban J connectivity index is 1.28. The van der Waals surface area contributed by atoms with E-state index in [1.165, 1.54) is 0 Å². The summed E-state index contributed by atoms with van der Waals surface area (Å²) in [5.74, 6) is 0.527. The smallest absolute Gasteiger partial charge is 0.354 e. The molecule has 1 aromatic carbocycles. The van der Waals surface area contributed by atoms with Gasteiger partial charge in [-0.25, -0.2) is 14.8 Å². The maximum Gasteiger partial charge on any atom is 0.433 e. The molecule has 0 aliphatic carbocycles. The van der Waals surface area contributed by atoms with Crippen molar-refractivity contribution in [1.29, 1.82) is 0 Å². The number of rotatable bonds is 7. The Labute approximate surface area is 215 Å². The van der Waals surface area contributed by atoms with Gasteiger partial charge < -0.3 is 4.90 Å². The maximum atomic E-state index is 13.4. The lowest BCUT2D eigenvalue weighted by molar-refractivity contribution is -0.141. The second kappa shape index (κ2) is 11.0. The number of aromatic nitrogens is 4. The summed E-state index contributed by atoms with van der Waals surface area (Å²) in [5, 5.41) is 0. The van der Waals surface area contributed by atoms with Crippen molar-refractivity contribution in [3.63, 3.8) is 0 Å². The van der Waals surface area contributed by atoms with Crippen LogP contribution < -0.4 is 10.6 Å². The number of nitrogens with zero attached hydrogens (tertiary/aromatic N) is 6. The van der Waals surface area contributed by atoms with Gasteiger partial charge in [0.1, 0.15) is 17.3 Å². The average Bonchev–Trinajstić information content (AvgIpc) is 2.87. The Morgan fingerprint density at radius 2 is 1.54 bits per heavy atom. The summed E-state index contributed by atoms with van der Waals surface area (Å²) in [6.07, 6.45) is -0.979. The summed E-state index contributed by atoms with van der Waals surface area (Å²) in [7, 11) is 0. The van der Waals surface area contributed by atoms with Crippen molar-refractivity contribution in [2.75, 3.05) is 37.6 Å². The zero-order valence-corrected chi connectivity index (χ0v) is 21.5. The van der Waals surface area contributed by atoms with Crippen molar-refractivity contribution in [3.8, 4) is 11.3 Å². The largest absolute Gasteiger partial charge is 0.433 e. The molecule has 3 aromatic rings. The van der Waals surface area contributed by atoms with E-state index < -0.39 is 17.3 Å². The molecule has 7 nitrogen and oxygen atoms in total. The molecule has 1 aliphatic rings. The topological polar surface area (TPSA) is 67.2 Å². The van der Waals surface area contributed by atoms with Crippen LogP contribution in [0.15, 0.2) is 53.5 Å². The van der Waals surface area contributed by atoms with Crippen LogP contribution in [0.5, 0.6) is 0 Å². The fraction of sp³-hybridized carbons (Fsp3) is 0.481. The molecule has 4 rings (SSSR count). The summed E-state index contributed by atoms with van der Waals surface area (Å²) in [6.45, 7) is 9.57. The second-order valence-corrected chi connectivity index (χ2v) is 10.4. The number of hydrogen-bond acceptors (Lipinski definition) is 6. The summed E-state index contributed by atoms with van der Waals surface area (Å²) in [6, 6.07) is 12.5. The van der Waals surface area contributed by atoms with Crippen LogP contribution in [0.4, 0.5) is 19.0 Å². The molecule has 3 heterocycles. The Bertz CT molecular complexity index is 1210. The van der Waals surface area contributed by atoms with E-state index in [0.29, 0.717) is 31.1 Å². The Hall–Kier alpha value is -3.27. The van der Waals surface area contributed by atoms with Crippen LogP contribution in [-0.2, 0) is 18.1 Å². The van der Waals surface area contributed by atoms with Gasteiger partial charge in [0.2, 0.25) is 0 Å². The molecule has 37 heavy (non-hydrogen) atoms. The van der Waals surface area contributed by atoms with Crippen molar-refractivity contribution in [2.24, 2.45) is 0 Å². The number of hydrogen-bond donors (Lipinski definition) is 0.